The summed E-state index contributed by atoms with van der Waals surface area (Å²) in [6.45, 7) is 6.53. The number of thiazole rings is 1. The number of nitrogens with zero attached hydrogens (tertiary/aromatic N) is 3. The molecule has 0 aliphatic rings. The van der Waals surface area contributed by atoms with Gasteiger partial charge in [0.05, 0.1) is 18.8 Å². The summed E-state index contributed by atoms with van der Waals surface area (Å²) in [5, 5.41) is 4.41. The van der Waals surface area contributed by atoms with Gasteiger partial charge in [0.2, 0.25) is 4.96 Å². The maximum atomic E-state index is 12.8. The van der Waals surface area contributed by atoms with Gasteiger partial charge in [-0.05, 0) is 40.8 Å². The molecular weight excluding hydrogens is 398 g/mol. The van der Waals surface area contributed by atoms with Gasteiger partial charge in [0.1, 0.15) is 0 Å². The third-order valence-corrected chi connectivity index (χ3v) is 5.86. The topological polar surface area (TPSA) is 65.7 Å². The lowest BCUT2D eigenvalue weighted by atomic mass is 9.87. The Hall–Kier alpha value is -3.19. The van der Waals surface area contributed by atoms with Gasteiger partial charge in [-0.15, -0.1) is 5.10 Å². The molecule has 0 aliphatic heterocycles. The molecule has 0 spiro atoms. The van der Waals surface area contributed by atoms with Crippen molar-refractivity contribution in [2.75, 3.05) is 14.2 Å². The first-order valence-corrected chi connectivity index (χ1v) is 10.4. The van der Waals surface area contributed by atoms with Crippen molar-refractivity contribution in [3.8, 4) is 22.9 Å². The second-order valence-electron chi connectivity index (χ2n) is 7.99. The summed E-state index contributed by atoms with van der Waals surface area (Å²) >= 11 is 1.33. The molecule has 0 radical (unpaired) electrons. The van der Waals surface area contributed by atoms with Crippen LogP contribution >= 0.6 is 11.3 Å². The quantitative estimate of drug-likeness (QED) is 0.503. The average molecular weight is 422 g/mol. The Bertz CT molecular complexity index is 1310. The number of hydrogen-bond donors (Lipinski definition) is 0. The molecule has 30 heavy (non-hydrogen) atoms. The van der Waals surface area contributed by atoms with E-state index in [-0.39, 0.29) is 11.0 Å². The molecule has 0 saturated heterocycles. The van der Waals surface area contributed by atoms with Crippen molar-refractivity contribution in [1.82, 2.24) is 14.6 Å². The van der Waals surface area contributed by atoms with Gasteiger partial charge in [-0.25, -0.2) is 0 Å². The molecule has 4 rings (SSSR count). The molecule has 0 fully saturated rings. The van der Waals surface area contributed by atoms with E-state index in [1.165, 1.54) is 21.4 Å². The molecule has 2 aromatic carbocycles. The summed E-state index contributed by atoms with van der Waals surface area (Å²) < 4.78 is 12.6. The lowest BCUT2D eigenvalue weighted by Crippen LogP contribution is -2.23. The summed E-state index contributed by atoms with van der Waals surface area (Å²) in [6.07, 6.45) is 1.88. The molecule has 2 aromatic heterocycles. The highest BCUT2D eigenvalue weighted by molar-refractivity contribution is 7.15. The van der Waals surface area contributed by atoms with E-state index in [0.29, 0.717) is 26.8 Å². The number of methoxy groups -OCH3 is 2. The highest BCUT2D eigenvalue weighted by Crippen LogP contribution is 2.31. The fraction of sp³-hybridized carbons (Fsp3) is 0.261. The van der Waals surface area contributed by atoms with Crippen molar-refractivity contribution >= 4 is 22.4 Å². The van der Waals surface area contributed by atoms with E-state index in [9.17, 15) is 4.79 Å². The fourth-order valence-electron chi connectivity index (χ4n) is 3.16. The van der Waals surface area contributed by atoms with Crippen LogP contribution in [-0.4, -0.2) is 28.8 Å². The normalized spacial score (nSPS) is 12.5. The van der Waals surface area contributed by atoms with Gasteiger partial charge in [-0.1, -0.05) is 56.4 Å². The van der Waals surface area contributed by atoms with Crippen molar-refractivity contribution < 1.29 is 9.47 Å². The van der Waals surface area contributed by atoms with E-state index in [1.807, 2.05) is 24.3 Å². The van der Waals surface area contributed by atoms with E-state index in [1.54, 1.807) is 26.4 Å². The van der Waals surface area contributed by atoms with Crippen LogP contribution in [0.25, 0.3) is 22.4 Å². The number of ether oxygens (including phenoxy) is 2. The molecule has 0 amide bonds. The van der Waals surface area contributed by atoms with Crippen LogP contribution in [0.4, 0.5) is 0 Å². The highest BCUT2D eigenvalue weighted by Gasteiger charge is 2.15. The molecular formula is C23H23N3O3S. The molecule has 0 bridgehead atoms. The van der Waals surface area contributed by atoms with Crippen molar-refractivity contribution in [1.29, 1.82) is 0 Å². The lowest BCUT2D eigenvalue weighted by Gasteiger charge is -2.18. The Morgan fingerprint density at radius 1 is 1.00 bits per heavy atom. The standard InChI is InChI=1S/C23H23N3O3S/c1-23(2,3)16-9-6-14(7-10-16)12-19-21(27)26-22(30-19)24-20(25-26)15-8-11-17(28-4)18(13-15)29-5/h6-13H,1-5H3. The molecule has 0 N–H and O–H groups in total. The molecule has 2 heterocycles. The molecule has 0 saturated carbocycles. The predicted octanol–water partition coefficient (Wildman–Crippen LogP) is 3.68. The van der Waals surface area contributed by atoms with Crippen LogP contribution in [-0.2, 0) is 5.41 Å². The van der Waals surface area contributed by atoms with Crippen molar-refractivity contribution in [2.45, 2.75) is 26.2 Å². The van der Waals surface area contributed by atoms with Crippen LogP contribution in [0.1, 0.15) is 31.9 Å². The second-order valence-corrected chi connectivity index (χ2v) is 9.00. The molecule has 7 heteroatoms. The van der Waals surface area contributed by atoms with E-state index in [4.69, 9.17) is 9.47 Å². The van der Waals surface area contributed by atoms with Crippen LogP contribution in [0.15, 0.2) is 47.3 Å². The SMILES string of the molecule is COc1ccc(-c2nc3sc(=Cc4ccc(C(C)(C)C)cc4)c(=O)n3n2)cc1OC. The first-order valence-electron chi connectivity index (χ1n) is 9.54. The molecule has 154 valence electrons. The van der Waals surface area contributed by atoms with E-state index < -0.39 is 0 Å². The fourth-order valence-corrected chi connectivity index (χ4v) is 4.07. The van der Waals surface area contributed by atoms with Crippen LogP contribution < -0.4 is 19.6 Å². The highest BCUT2D eigenvalue weighted by atomic mass is 32.1. The summed E-state index contributed by atoms with van der Waals surface area (Å²) in [7, 11) is 3.16. The van der Waals surface area contributed by atoms with Crippen LogP contribution in [0.5, 0.6) is 11.5 Å². The third-order valence-electron chi connectivity index (χ3n) is 4.90. The van der Waals surface area contributed by atoms with Gasteiger partial charge in [-0.2, -0.15) is 9.50 Å². The molecule has 0 atom stereocenters. The summed E-state index contributed by atoms with van der Waals surface area (Å²) in [4.78, 5) is 17.9. The molecule has 0 aliphatic carbocycles. The maximum Gasteiger partial charge on any atom is 0.291 e. The van der Waals surface area contributed by atoms with Gasteiger partial charge >= 0.3 is 0 Å². The Morgan fingerprint density at radius 2 is 1.70 bits per heavy atom. The minimum Gasteiger partial charge on any atom is -0.493 e. The van der Waals surface area contributed by atoms with Crippen LogP contribution in [0.2, 0.25) is 0 Å². The molecule has 0 unspecified atom stereocenters. The number of hydrogen-bond acceptors (Lipinski definition) is 6. The van der Waals surface area contributed by atoms with Gasteiger partial charge in [0.15, 0.2) is 17.3 Å². The number of benzene rings is 2. The average Bonchev–Trinajstić information content (AvgIpc) is 3.27. The smallest absolute Gasteiger partial charge is 0.291 e. The van der Waals surface area contributed by atoms with Gasteiger partial charge in [0, 0.05) is 5.56 Å². The van der Waals surface area contributed by atoms with Crippen LogP contribution in [0, 0.1) is 0 Å². The minimum absolute atomic E-state index is 0.0936. The number of rotatable bonds is 4. The van der Waals surface area contributed by atoms with Crippen molar-refractivity contribution in [3.63, 3.8) is 0 Å². The predicted molar refractivity (Wildman–Crippen MR) is 120 cm³/mol. The zero-order valence-corrected chi connectivity index (χ0v) is 18.4. The number of fused-ring (bicyclic) bond motifs is 1. The Morgan fingerprint density at radius 3 is 2.30 bits per heavy atom. The minimum atomic E-state index is -0.172. The molecule has 4 aromatic rings. The first-order chi connectivity index (χ1) is 14.3. The largest absolute Gasteiger partial charge is 0.493 e. The summed E-state index contributed by atoms with van der Waals surface area (Å²) in [6, 6.07) is 13.7. The lowest BCUT2D eigenvalue weighted by molar-refractivity contribution is 0.355. The first kappa shape index (κ1) is 20.1. The Balaban J connectivity index is 1.71. The second kappa shape index (κ2) is 7.57. The zero-order chi connectivity index (χ0) is 21.5. The van der Waals surface area contributed by atoms with E-state index >= 15 is 0 Å². The van der Waals surface area contributed by atoms with E-state index in [2.05, 4.69) is 43.0 Å². The number of aromatic nitrogens is 3. The molecule has 6 nitrogen and oxygen atoms in total. The van der Waals surface area contributed by atoms with Crippen molar-refractivity contribution in [3.05, 3.63) is 68.5 Å². The third kappa shape index (κ3) is 3.68. The van der Waals surface area contributed by atoms with E-state index in [0.717, 1.165) is 11.1 Å². The monoisotopic (exact) mass is 421 g/mol. The Labute approximate surface area is 178 Å². The van der Waals surface area contributed by atoms with Crippen molar-refractivity contribution in [2.24, 2.45) is 0 Å². The maximum absolute atomic E-state index is 12.8. The zero-order valence-electron chi connectivity index (χ0n) is 17.6. The van der Waals surface area contributed by atoms with Crippen LogP contribution in [0.3, 0.4) is 0 Å². The van der Waals surface area contributed by atoms with Gasteiger partial charge in [-0.3, -0.25) is 4.79 Å². The van der Waals surface area contributed by atoms with Gasteiger partial charge < -0.3 is 9.47 Å². The van der Waals surface area contributed by atoms with Gasteiger partial charge in [0.25, 0.3) is 5.56 Å². The Kier molecular flexibility index (Phi) is 5.07. The summed E-state index contributed by atoms with van der Waals surface area (Å²) in [5.41, 5.74) is 2.91. The summed E-state index contributed by atoms with van der Waals surface area (Å²) in [5.74, 6) is 1.68.